The fraction of sp³-hybridized carbons (Fsp3) is 1.00. The maximum absolute atomic E-state index is 12.5. The van der Waals surface area contributed by atoms with E-state index in [1.54, 1.807) is 4.90 Å². The summed E-state index contributed by atoms with van der Waals surface area (Å²) in [4.78, 5) is 1.64. The highest BCUT2D eigenvalue weighted by molar-refractivity contribution is 4.89. The van der Waals surface area contributed by atoms with Crippen LogP contribution in [0.1, 0.15) is 32.1 Å². The Labute approximate surface area is 100 Å². The van der Waals surface area contributed by atoms with Crippen LogP contribution in [-0.2, 0) is 0 Å². The summed E-state index contributed by atoms with van der Waals surface area (Å²) in [5.74, 6) is 0.812. The summed E-state index contributed by atoms with van der Waals surface area (Å²) in [6, 6.07) is 0.177. The molecular weight excluding hydrogens is 229 g/mol. The van der Waals surface area contributed by atoms with Crippen molar-refractivity contribution < 1.29 is 13.2 Å². The second kappa shape index (κ2) is 5.14. The van der Waals surface area contributed by atoms with Crippen LogP contribution < -0.4 is 5.73 Å². The normalized spacial score (nSPS) is 30.2. The smallest absolute Gasteiger partial charge is 0.330 e. The first kappa shape index (κ1) is 13.1. The van der Waals surface area contributed by atoms with E-state index in [9.17, 15) is 13.2 Å². The molecule has 0 radical (unpaired) electrons. The van der Waals surface area contributed by atoms with E-state index in [4.69, 9.17) is 5.73 Å². The predicted molar refractivity (Wildman–Crippen MR) is 60.5 cm³/mol. The van der Waals surface area contributed by atoms with Gasteiger partial charge in [-0.05, 0) is 44.1 Å². The van der Waals surface area contributed by atoms with Gasteiger partial charge < -0.3 is 5.73 Å². The van der Waals surface area contributed by atoms with Crippen LogP contribution in [0.5, 0.6) is 0 Å². The minimum Gasteiger partial charge on any atom is -0.330 e. The van der Waals surface area contributed by atoms with Crippen molar-refractivity contribution in [3.63, 3.8) is 0 Å². The lowest BCUT2D eigenvalue weighted by molar-refractivity contribution is -0.148. The minimum absolute atomic E-state index is 0.177. The first-order valence-electron chi connectivity index (χ1n) is 6.50. The Morgan fingerprint density at radius 3 is 2.24 bits per heavy atom. The zero-order valence-corrected chi connectivity index (χ0v) is 10.0. The summed E-state index contributed by atoms with van der Waals surface area (Å²) in [5.41, 5.74) is 5.68. The van der Waals surface area contributed by atoms with E-state index in [-0.39, 0.29) is 6.04 Å². The second-order valence-corrected chi connectivity index (χ2v) is 5.46. The molecule has 2 N–H and O–H groups in total. The van der Waals surface area contributed by atoms with E-state index in [1.807, 2.05) is 0 Å². The topological polar surface area (TPSA) is 29.3 Å². The average molecular weight is 250 g/mol. The molecule has 2 rings (SSSR count). The summed E-state index contributed by atoms with van der Waals surface area (Å²) >= 11 is 0. The Hall–Kier alpha value is -0.290. The molecule has 2 unspecified atom stereocenters. The molecule has 0 bridgehead atoms. The zero-order chi connectivity index (χ0) is 12.5. The molecule has 0 aliphatic heterocycles. The van der Waals surface area contributed by atoms with Gasteiger partial charge in [-0.3, -0.25) is 4.90 Å². The average Bonchev–Trinajstić information content (AvgIpc) is 2.97. The Morgan fingerprint density at radius 2 is 1.71 bits per heavy atom. The summed E-state index contributed by atoms with van der Waals surface area (Å²) < 4.78 is 37.4. The Morgan fingerprint density at radius 1 is 1.06 bits per heavy atom. The van der Waals surface area contributed by atoms with Gasteiger partial charge in [0, 0.05) is 12.6 Å². The molecule has 2 fully saturated rings. The molecule has 0 aromatic rings. The molecule has 2 nitrogen and oxygen atoms in total. The number of alkyl halides is 3. The maximum atomic E-state index is 12.5. The van der Waals surface area contributed by atoms with Crippen LogP contribution in [0, 0.1) is 11.8 Å². The first-order valence-corrected chi connectivity index (χ1v) is 6.50. The lowest BCUT2D eigenvalue weighted by Crippen LogP contribution is -2.40. The Balaban J connectivity index is 1.88. The van der Waals surface area contributed by atoms with Crippen LogP contribution in [0.3, 0.4) is 0 Å². The Kier molecular flexibility index (Phi) is 3.98. The molecule has 2 aliphatic rings. The third-order valence-corrected chi connectivity index (χ3v) is 4.03. The van der Waals surface area contributed by atoms with E-state index in [2.05, 4.69) is 0 Å². The summed E-state index contributed by atoms with van der Waals surface area (Å²) in [6.07, 6.45) is 1.04. The number of hydrogen-bond acceptors (Lipinski definition) is 2. The first-order chi connectivity index (χ1) is 7.99. The largest absolute Gasteiger partial charge is 0.401 e. The molecular formula is C12H21F3N2. The van der Waals surface area contributed by atoms with Crippen molar-refractivity contribution in [1.29, 1.82) is 0 Å². The van der Waals surface area contributed by atoms with E-state index < -0.39 is 12.7 Å². The molecule has 0 spiro atoms. The van der Waals surface area contributed by atoms with E-state index >= 15 is 0 Å². The van der Waals surface area contributed by atoms with Crippen molar-refractivity contribution in [3.8, 4) is 0 Å². The number of nitrogens with zero attached hydrogens (tertiary/aromatic N) is 1. The van der Waals surface area contributed by atoms with E-state index in [0.717, 1.165) is 32.1 Å². The molecule has 2 atom stereocenters. The van der Waals surface area contributed by atoms with Gasteiger partial charge in [0.2, 0.25) is 0 Å². The molecule has 2 saturated carbocycles. The van der Waals surface area contributed by atoms with Gasteiger partial charge >= 0.3 is 6.18 Å². The molecule has 0 amide bonds. The molecule has 0 heterocycles. The van der Waals surface area contributed by atoms with Gasteiger partial charge in [0.1, 0.15) is 0 Å². The second-order valence-electron chi connectivity index (χ2n) is 5.46. The van der Waals surface area contributed by atoms with Crippen LogP contribution >= 0.6 is 0 Å². The van der Waals surface area contributed by atoms with Gasteiger partial charge in [-0.2, -0.15) is 13.2 Å². The van der Waals surface area contributed by atoms with Crippen molar-refractivity contribution in [2.45, 2.75) is 44.3 Å². The van der Waals surface area contributed by atoms with Crippen LogP contribution in [0.15, 0.2) is 0 Å². The lowest BCUT2D eigenvalue weighted by atomic mass is 9.95. The lowest BCUT2D eigenvalue weighted by Gasteiger charge is -2.28. The minimum atomic E-state index is -4.07. The zero-order valence-electron chi connectivity index (χ0n) is 10.0. The van der Waals surface area contributed by atoms with Gasteiger partial charge in [0.15, 0.2) is 0 Å². The van der Waals surface area contributed by atoms with Crippen molar-refractivity contribution in [2.75, 3.05) is 19.6 Å². The van der Waals surface area contributed by atoms with Gasteiger partial charge in [0.05, 0.1) is 6.54 Å². The van der Waals surface area contributed by atoms with Crippen LogP contribution in [0.4, 0.5) is 13.2 Å². The molecule has 2 aliphatic carbocycles. The molecule has 17 heavy (non-hydrogen) atoms. The van der Waals surface area contributed by atoms with E-state index in [0.29, 0.717) is 24.9 Å². The predicted octanol–water partition coefficient (Wildman–Crippen LogP) is 2.39. The van der Waals surface area contributed by atoms with Crippen LogP contribution in [0.25, 0.3) is 0 Å². The number of nitrogens with two attached hydrogens (primary N) is 1. The van der Waals surface area contributed by atoms with Crippen molar-refractivity contribution in [2.24, 2.45) is 17.6 Å². The van der Waals surface area contributed by atoms with E-state index in [1.165, 1.54) is 0 Å². The molecule has 100 valence electrons. The number of rotatable bonds is 5. The summed E-state index contributed by atoms with van der Waals surface area (Å²) in [7, 11) is 0. The third-order valence-electron chi connectivity index (χ3n) is 4.03. The highest BCUT2D eigenvalue weighted by Crippen LogP contribution is 2.36. The van der Waals surface area contributed by atoms with Crippen molar-refractivity contribution >= 4 is 0 Å². The molecule has 0 saturated heterocycles. The summed E-state index contributed by atoms with van der Waals surface area (Å²) in [6.45, 7) is 0.465. The van der Waals surface area contributed by atoms with Crippen molar-refractivity contribution in [3.05, 3.63) is 0 Å². The fourth-order valence-electron chi connectivity index (χ4n) is 2.98. The standard InChI is InChI=1S/C12H21F3N2/c13-12(14,15)8-17(11-4-5-11)7-10-3-1-2-9(10)6-16/h9-11H,1-8,16H2. The SMILES string of the molecule is NCC1CCCC1CN(CC(F)(F)F)C1CC1. The van der Waals surface area contributed by atoms with Gasteiger partial charge in [-0.1, -0.05) is 6.42 Å². The van der Waals surface area contributed by atoms with Gasteiger partial charge in [-0.25, -0.2) is 0 Å². The number of hydrogen-bond donors (Lipinski definition) is 1. The molecule has 5 heteroatoms. The van der Waals surface area contributed by atoms with Crippen molar-refractivity contribution in [1.82, 2.24) is 4.90 Å². The molecule has 0 aromatic carbocycles. The van der Waals surface area contributed by atoms with Crippen LogP contribution in [-0.4, -0.2) is 36.8 Å². The monoisotopic (exact) mass is 250 g/mol. The fourth-order valence-corrected chi connectivity index (χ4v) is 2.98. The van der Waals surface area contributed by atoms with Gasteiger partial charge in [0.25, 0.3) is 0 Å². The van der Waals surface area contributed by atoms with Crippen LogP contribution in [0.2, 0.25) is 0 Å². The summed E-state index contributed by atoms with van der Waals surface area (Å²) in [5, 5.41) is 0. The highest BCUT2D eigenvalue weighted by Gasteiger charge is 2.40. The third kappa shape index (κ3) is 3.85. The van der Waals surface area contributed by atoms with Gasteiger partial charge in [-0.15, -0.1) is 0 Å². The maximum Gasteiger partial charge on any atom is 0.401 e. The molecule has 0 aromatic heterocycles. The number of halogens is 3. The highest BCUT2D eigenvalue weighted by atomic mass is 19.4. The quantitative estimate of drug-likeness (QED) is 0.811. The Bertz CT molecular complexity index is 251.